The second kappa shape index (κ2) is 11.2. The number of halogens is 1. The third kappa shape index (κ3) is 7.33. The van der Waals surface area contributed by atoms with Crippen LogP contribution in [0.1, 0.15) is 38.3 Å². The first-order chi connectivity index (χ1) is 14.7. The van der Waals surface area contributed by atoms with E-state index in [1.807, 2.05) is 38.1 Å². The lowest BCUT2D eigenvalue weighted by Gasteiger charge is -2.23. The summed E-state index contributed by atoms with van der Waals surface area (Å²) in [7, 11) is -2.05. The van der Waals surface area contributed by atoms with Gasteiger partial charge < -0.3 is 14.8 Å². The Morgan fingerprint density at radius 2 is 1.87 bits per heavy atom. The van der Waals surface area contributed by atoms with E-state index in [-0.39, 0.29) is 24.9 Å². The summed E-state index contributed by atoms with van der Waals surface area (Å²) in [5.74, 6) is 1.09. The Hall–Kier alpha value is -2.45. The second-order valence-corrected chi connectivity index (χ2v) is 9.36. The number of rotatable bonds is 11. The minimum absolute atomic E-state index is 0.150. The predicted molar refractivity (Wildman–Crippen MR) is 124 cm³/mol. The van der Waals surface area contributed by atoms with E-state index in [0.29, 0.717) is 29.5 Å². The van der Waals surface area contributed by atoms with Crippen molar-refractivity contribution in [2.45, 2.75) is 32.7 Å². The maximum Gasteiger partial charge on any atom is 0.232 e. The van der Waals surface area contributed by atoms with Gasteiger partial charge in [-0.25, -0.2) is 8.42 Å². The van der Waals surface area contributed by atoms with Crippen LogP contribution in [0.25, 0.3) is 0 Å². The number of hydrogen-bond donors (Lipinski definition) is 1. The molecule has 1 atom stereocenters. The van der Waals surface area contributed by atoms with E-state index in [0.717, 1.165) is 17.6 Å². The molecule has 0 fully saturated rings. The van der Waals surface area contributed by atoms with E-state index < -0.39 is 10.0 Å². The number of anilines is 1. The van der Waals surface area contributed by atoms with Gasteiger partial charge in [0.1, 0.15) is 11.5 Å². The van der Waals surface area contributed by atoms with Crippen LogP contribution >= 0.6 is 11.6 Å². The summed E-state index contributed by atoms with van der Waals surface area (Å²) in [5.41, 5.74) is 1.39. The number of ether oxygens (including phenoxy) is 2. The minimum atomic E-state index is -3.54. The Balaban J connectivity index is 1.94. The van der Waals surface area contributed by atoms with E-state index in [1.54, 1.807) is 12.1 Å². The summed E-state index contributed by atoms with van der Waals surface area (Å²) >= 11 is 6.13. The summed E-state index contributed by atoms with van der Waals surface area (Å²) in [6, 6.07) is 12.2. The molecule has 0 saturated carbocycles. The number of amides is 1. The van der Waals surface area contributed by atoms with E-state index in [4.69, 9.17) is 21.1 Å². The quantitative estimate of drug-likeness (QED) is 0.535. The molecule has 0 aliphatic heterocycles. The second-order valence-electron chi connectivity index (χ2n) is 7.05. The summed E-state index contributed by atoms with van der Waals surface area (Å²) in [6.07, 6.45) is 1.68. The lowest BCUT2D eigenvalue weighted by atomic mass is 10.1. The van der Waals surface area contributed by atoms with Crippen LogP contribution in [0.5, 0.6) is 11.5 Å². The Labute approximate surface area is 189 Å². The van der Waals surface area contributed by atoms with Crippen LogP contribution in [-0.4, -0.2) is 40.8 Å². The maximum atomic E-state index is 12.4. The van der Waals surface area contributed by atoms with Crippen molar-refractivity contribution in [3.8, 4) is 11.5 Å². The van der Waals surface area contributed by atoms with Crippen molar-refractivity contribution in [3.63, 3.8) is 0 Å². The van der Waals surface area contributed by atoms with Gasteiger partial charge in [0, 0.05) is 13.0 Å². The van der Waals surface area contributed by atoms with Crippen LogP contribution < -0.4 is 19.1 Å². The first-order valence-corrected chi connectivity index (χ1v) is 12.2. The average Bonchev–Trinajstić information content (AvgIpc) is 2.71. The summed E-state index contributed by atoms with van der Waals surface area (Å²) < 4.78 is 36.3. The first-order valence-electron chi connectivity index (χ1n) is 9.99. The molecule has 7 nitrogen and oxygen atoms in total. The molecule has 1 N–H and O–H groups in total. The molecule has 9 heteroatoms. The lowest BCUT2D eigenvalue weighted by Crippen LogP contribution is -2.32. The van der Waals surface area contributed by atoms with Gasteiger partial charge in [-0.2, -0.15) is 0 Å². The third-order valence-electron chi connectivity index (χ3n) is 4.66. The standard InChI is InChI=1S/C22H29ClN2O5S/c1-5-30-19-11-8-17(9-12-19)16(2)24-22(26)7-6-14-25(31(4,27)28)18-10-13-21(29-3)20(23)15-18/h8-13,15-16H,5-7,14H2,1-4H3,(H,24,26)/t16-/m0/s1. The van der Waals surface area contributed by atoms with Crippen molar-refractivity contribution in [2.24, 2.45) is 0 Å². The molecule has 0 aromatic heterocycles. The van der Waals surface area contributed by atoms with Crippen LogP contribution in [-0.2, 0) is 14.8 Å². The zero-order valence-corrected chi connectivity index (χ0v) is 19.8. The first kappa shape index (κ1) is 24.8. The van der Waals surface area contributed by atoms with Gasteiger partial charge in [-0.1, -0.05) is 23.7 Å². The highest BCUT2D eigenvalue weighted by Gasteiger charge is 2.19. The molecule has 0 radical (unpaired) electrons. The van der Waals surface area contributed by atoms with Gasteiger partial charge in [0.2, 0.25) is 15.9 Å². The fourth-order valence-electron chi connectivity index (χ4n) is 3.10. The molecular formula is C22H29ClN2O5S. The molecule has 2 aromatic rings. The zero-order chi connectivity index (χ0) is 23.0. The molecule has 0 unspecified atom stereocenters. The molecule has 0 spiro atoms. The fourth-order valence-corrected chi connectivity index (χ4v) is 4.31. The van der Waals surface area contributed by atoms with Crippen LogP contribution in [0.2, 0.25) is 5.02 Å². The van der Waals surface area contributed by atoms with Gasteiger partial charge >= 0.3 is 0 Å². The van der Waals surface area contributed by atoms with Crippen molar-refractivity contribution < 1.29 is 22.7 Å². The molecule has 1 amide bonds. The molecule has 31 heavy (non-hydrogen) atoms. The molecule has 2 aromatic carbocycles. The van der Waals surface area contributed by atoms with Crippen molar-refractivity contribution >= 4 is 33.2 Å². The topological polar surface area (TPSA) is 84.9 Å². The summed E-state index contributed by atoms with van der Waals surface area (Å²) in [4.78, 5) is 12.4. The average molecular weight is 469 g/mol. The van der Waals surface area contributed by atoms with Crippen molar-refractivity contribution in [1.82, 2.24) is 5.32 Å². The Morgan fingerprint density at radius 1 is 1.19 bits per heavy atom. The van der Waals surface area contributed by atoms with Crippen LogP contribution in [0.3, 0.4) is 0 Å². The number of benzene rings is 2. The maximum absolute atomic E-state index is 12.4. The Bertz CT molecular complexity index is 980. The van der Waals surface area contributed by atoms with Gasteiger partial charge in [0.15, 0.2) is 0 Å². The van der Waals surface area contributed by atoms with Gasteiger partial charge in [-0.3, -0.25) is 9.10 Å². The highest BCUT2D eigenvalue weighted by atomic mass is 35.5. The smallest absolute Gasteiger partial charge is 0.232 e. The minimum Gasteiger partial charge on any atom is -0.495 e. The van der Waals surface area contributed by atoms with Gasteiger partial charge in [0.25, 0.3) is 0 Å². The number of methoxy groups -OCH3 is 1. The van der Waals surface area contributed by atoms with Crippen LogP contribution in [0.4, 0.5) is 5.69 Å². The number of nitrogens with one attached hydrogen (secondary N) is 1. The van der Waals surface area contributed by atoms with Crippen molar-refractivity contribution in [1.29, 1.82) is 0 Å². The molecule has 0 bridgehead atoms. The Kier molecular flexibility index (Phi) is 9.00. The summed E-state index contributed by atoms with van der Waals surface area (Å²) in [5, 5.41) is 3.25. The van der Waals surface area contributed by atoms with Gasteiger partial charge in [-0.05, 0) is 56.2 Å². The van der Waals surface area contributed by atoms with E-state index in [1.165, 1.54) is 17.5 Å². The third-order valence-corrected chi connectivity index (χ3v) is 6.15. The molecule has 0 saturated heterocycles. The number of carbonyl (C=O) groups excluding carboxylic acids is 1. The number of sulfonamides is 1. The highest BCUT2D eigenvalue weighted by Crippen LogP contribution is 2.30. The normalized spacial score (nSPS) is 12.2. The van der Waals surface area contributed by atoms with Crippen molar-refractivity contribution in [2.75, 3.05) is 30.8 Å². The van der Waals surface area contributed by atoms with E-state index in [9.17, 15) is 13.2 Å². The van der Waals surface area contributed by atoms with Crippen molar-refractivity contribution in [3.05, 3.63) is 53.1 Å². The predicted octanol–water partition coefficient (Wildman–Crippen LogP) is 4.17. The number of hydrogen-bond acceptors (Lipinski definition) is 5. The molecule has 2 rings (SSSR count). The van der Waals surface area contributed by atoms with E-state index >= 15 is 0 Å². The SMILES string of the molecule is CCOc1ccc([C@H](C)NC(=O)CCCN(c2ccc(OC)c(Cl)c2)S(C)(=O)=O)cc1. The number of nitrogens with zero attached hydrogens (tertiary/aromatic N) is 1. The lowest BCUT2D eigenvalue weighted by molar-refractivity contribution is -0.121. The van der Waals surface area contributed by atoms with E-state index in [2.05, 4.69) is 5.32 Å². The Morgan fingerprint density at radius 3 is 2.42 bits per heavy atom. The van der Waals surface area contributed by atoms with Crippen LogP contribution in [0.15, 0.2) is 42.5 Å². The monoisotopic (exact) mass is 468 g/mol. The zero-order valence-electron chi connectivity index (χ0n) is 18.2. The van der Waals surface area contributed by atoms with Crippen LogP contribution in [0, 0.1) is 0 Å². The molecule has 170 valence electrons. The van der Waals surface area contributed by atoms with Gasteiger partial charge in [0.05, 0.1) is 36.7 Å². The highest BCUT2D eigenvalue weighted by molar-refractivity contribution is 7.92. The molecular weight excluding hydrogens is 440 g/mol. The number of carbonyl (C=O) groups is 1. The fraction of sp³-hybridized carbons (Fsp3) is 0.409. The molecule has 0 heterocycles. The summed E-state index contributed by atoms with van der Waals surface area (Å²) in [6.45, 7) is 4.58. The van der Waals surface area contributed by atoms with Gasteiger partial charge in [-0.15, -0.1) is 0 Å². The molecule has 0 aliphatic carbocycles. The molecule has 0 aliphatic rings. The largest absolute Gasteiger partial charge is 0.495 e.